The summed E-state index contributed by atoms with van der Waals surface area (Å²) in [6.45, 7) is 1.40. The Bertz CT molecular complexity index is 1700. The Hall–Kier alpha value is -4.30. The van der Waals surface area contributed by atoms with E-state index in [1.165, 1.54) is 24.0 Å². The van der Waals surface area contributed by atoms with Crippen molar-refractivity contribution in [3.05, 3.63) is 94.0 Å². The molecule has 1 aliphatic heterocycles. The van der Waals surface area contributed by atoms with Crippen LogP contribution in [0.3, 0.4) is 0 Å². The highest BCUT2D eigenvalue weighted by Gasteiger charge is 2.37. The maximum Gasteiger partial charge on any atom is 0.326 e. The van der Waals surface area contributed by atoms with Crippen LogP contribution in [0.25, 0.3) is 0 Å². The number of halogens is 1. The molecule has 3 aromatic carbocycles. The van der Waals surface area contributed by atoms with Gasteiger partial charge in [0.05, 0.1) is 11.1 Å². The van der Waals surface area contributed by atoms with Crippen LogP contribution >= 0.6 is 11.6 Å². The zero-order valence-corrected chi connectivity index (χ0v) is 25.1. The SMILES string of the molecule is C[C@H](N[C@@H](CCc1ccccc1)C(=O)O)C(=O)N1Cc2cc(NC(=O)c3ccc(Cl)c(S(N)(=O)=O)c3)ccc2C[C@H]1C(=O)O. The van der Waals surface area contributed by atoms with Crippen molar-refractivity contribution in [1.29, 1.82) is 0 Å². The molecule has 0 unspecified atom stereocenters. The number of aryl methyl sites for hydroxylation is 1. The fourth-order valence-corrected chi connectivity index (χ4v) is 6.11. The maximum atomic E-state index is 13.5. The Morgan fingerprint density at radius 3 is 2.36 bits per heavy atom. The molecule has 1 heterocycles. The highest BCUT2D eigenvalue weighted by atomic mass is 35.5. The number of nitrogens with one attached hydrogen (secondary N) is 2. The summed E-state index contributed by atoms with van der Waals surface area (Å²) in [5.41, 5.74) is 2.50. The molecule has 0 radical (unpaired) electrons. The summed E-state index contributed by atoms with van der Waals surface area (Å²) in [5.74, 6) is -3.57. The van der Waals surface area contributed by atoms with Gasteiger partial charge in [-0.2, -0.15) is 0 Å². The second kappa shape index (κ2) is 13.6. The molecule has 14 heteroatoms. The average molecular weight is 643 g/mol. The van der Waals surface area contributed by atoms with E-state index in [9.17, 15) is 37.8 Å². The predicted octanol–water partition coefficient (Wildman–Crippen LogP) is 2.64. The van der Waals surface area contributed by atoms with Gasteiger partial charge in [0, 0.05) is 24.2 Å². The molecule has 232 valence electrons. The van der Waals surface area contributed by atoms with E-state index < -0.39 is 56.8 Å². The monoisotopic (exact) mass is 642 g/mol. The normalized spacial score (nSPS) is 16.0. The van der Waals surface area contributed by atoms with E-state index in [0.717, 1.165) is 11.6 Å². The lowest BCUT2D eigenvalue weighted by molar-refractivity contribution is -0.152. The van der Waals surface area contributed by atoms with Crippen LogP contribution in [0.4, 0.5) is 5.69 Å². The number of carboxylic acid groups (broad SMARTS) is 2. The molecule has 44 heavy (non-hydrogen) atoms. The lowest BCUT2D eigenvalue weighted by atomic mass is 9.92. The van der Waals surface area contributed by atoms with Gasteiger partial charge in [-0.05, 0) is 66.8 Å². The van der Waals surface area contributed by atoms with Crippen molar-refractivity contribution < 1.29 is 37.8 Å². The zero-order valence-electron chi connectivity index (χ0n) is 23.6. The Morgan fingerprint density at radius 1 is 1.02 bits per heavy atom. The molecule has 0 saturated carbocycles. The van der Waals surface area contributed by atoms with Gasteiger partial charge in [-0.3, -0.25) is 19.7 Å². The van der Waals surface area contributed by atoms with Crippen molar-refractivity contribution in [3.8, 4) is 0 Å². The molecule has 4 rings (SSSR count). The first kappa shape index (κ1) is 32.6. The molecule has 12 nitrogen and oxygen atoms in total. The average Bonchev–Trinajstić information content (AvgIpc) is 2.97. The van der Waals surface area contributed by atoms with Gasteiger partial charge in [0.2, 0.25) is 15.9 Å². The van der Waals surface area contributed by atoms with Crippen molar-refractivity contribution >= 4 is 51.1 Å². The standard InChI is InChI=1S/C30H31ClN4O8S/c1-17(33-24(29(38)39)12-7-18-5-3-2-4-6-18)28(37)35-16-21-13-22(10-8-19(21)14-25(35)30(40)41)34-27(36)20-9-11-23(31)26(15-20)44(32,42)43/h2-6,8-11,13,15,17,24-25,33H,7,12,14,16H2,1H3,(H,34,36)(H,38,39)(H,40,41)(H2,32,42,43)/t17-,24-,25-/m0/s1. The molecule has 0 spiro atoms. The van der Waals surface area contributed by atoms with E-state index in [2.05, 4.69) is 10.6 Å². The number of hydrogen-bond donors (Lipinski definition) is 5. The number of carboxylic acids is 2. The third-order valence-electron chi connectivity index (χ3n) is 7.35. The van der Waals surface area contributed by atoms with Gasteiger partial charge in [0.1, 0.15) is 17.0 Å². The van der Waals surface area contributed by atoms with Gasteiger partial charge >= 0.3 is 11.9 Å². The molecule has 3 aromatic rings. The molecule has 0 bridgehead atoms. The number of carbonyl (C=O) groups is 4. The number of primary sulfonamides is 1. The number of nitrogens with two attached hydrogens (primary N) is 1. The summed E-state index contributed by atoms with van der Waals surface area (Å²) >= 11 is 5.91. The van der Waals surface area contributed by atoms with Crippen molar-refractivity contribution in [3.63, 3.8) is 0 Å². The summed E-state index contributed by atoms with van der Waals surface area (Å²) in [7, 11) is -4.17. The highest BCUT2D eigenvalue weighted by Crippen LogP contribution is 2.28. The van der Waals surface area contributed by atoms with E-state index in [-0.39, 0.29) is 30.0 Å². The fraction of sp³-hybridized carbons (Fsp3) is 0.267. The van der Waals surface area contributed by atoms with Crippen LogP contribution in [-0.2, 0) is 43.8 Å². The number of rotatable bonds is 11. The van der Waals surface area contributed by atoms with Crippen LogP contribution in [-0.4, -0.2) is 65.4 Å². The minimum Gasteiger partial charge on any atom is -0.480 e. The third kappa shape index (κ3) is 7.80. The second-order valence-corrected chi connectivity index (χ2v) is 12.4. The van der Waals surface area contributed by atoms with Crippen LogP contribution in [0, 0.1) is 0 Å². The molecule has 2 amide bonds. The van der Waals surface area contributed by atoms with Crippen molar-refractivity contribution in [2.45, 2.75) is 55.8 Å². The number of hydrogen-bond acceptors (Lipinski definition) is 7. The van der Waals surface area contributed by atoms with E-state index in [1.54, 1.807) is 18.2 Å². The van der Waals surface area contributed by atoms with Gasteiger partial charge in [-0.1, -0.05) is 48.0 Å². The van der Waals surface area contributed by atoms with Gasteiger partial charge in [-0.15, -0.1) is 0 Å². The summed E-state index contributed by atoms with van der Waals surface area (Å²) in [6, 6.07) is 14.5. The summed E-state index contributed by atoms with van der Waals surface area (Å²) in [4.78, 5) is 51.3. The van der Waals surface area contributed by atoms with Crippen LogP contribution in [0.5, 0.6) is 0 Å². The molecular formula is C30H31ClN4O8S. The minimum atomic E-state index is -4.17. The topological polar surface area (TPSA) is 196 Å². The Morgan fingerprint density at radius 2 is 1.73 bits per heavy atom. The molecule has 6 N–H and O–H groups in total. The Labute approximate surface area is 258 Å². The largest absolute Gasteiger partial charge is 0.480 e. The van der Waals surface area contributed by atoms with E-state index >= 15 is 0 Å². The smallest absolute Gasteiger partial charge is 0.326 e. The van der Waals surface area contributed by atoms with Gasteiger partial charge in [-0.25, -0.2) is 18.4 Å². The summed E-state index contributed by atoms with van der Waals surface area (Å²) in [5, 5.41) is 30.2. The molecule has 0 fully saturated rings. The van der Waals surface area contributed by atoms with Crippen molar-refractivity contribution in [1.82, 2.24) is 10.2 Å². The lowest BCUT2D eigenvalue weighted by Gasteiger charge is -2.36. The van der Waals surface area contributed by atoms with Crippen LogP contribution in [0.15, 0.2) is 71.6 Å². The summed E-state index contributed by atoms with van der Waals surface area (Å²) < 4.78 is 23.6. The van der Waals surface area contributed by atoms with E-state index in [0.29, 0.717) is 23.2 Å². The Balaban J connectivity index is 1.50. The number of anilines is 1. The van der Waals surface area contributed by atoms with Gasteiger partial charge < -0.3 is 20.4 Å². The summed E-state index contributed by atoms with van der Waals surface area (Å²) in [6.07, 6.45) is 0.689. The highest BCUT2D eigenvalue weighted by molar-refractivity contribution is 7.89. The molecule has 0 aromatic heterocycles. The molecular weight excluding hydrogens is 612 g/mol. The van der Waals surface area contributed by atoms with Crippen molar-refractivity contribution in [2.75, 3.05) is 5.32 Å². The van der Waals surface area contributed by atoms with Crippen LogP contribution < -0.4 is 15.8 Å². The number of sulfonamides is 1. The lowest BCUT2D eigenvalue weighted by Crippen LogP contribution is -2.56. The molecule has 0 aliphatic carbocycles. The molecule has 3 atom stereocenters. The number of benzene rings is 3. The zero-order chi connectivity index (χ0) is 32.2. The van der Waals surface area contributed by atoms with Crippen molar-refractivity contribution in [2.24, 2.45) is 5.14 Å². The van der Waals surface area contributed by atoms with Crippen LogP contribution in [0.1, 0.15) is 40.4 Å². The number of amides is 2. The van der Waals surface area contributed by atoms with E-state index in [4.69, 9.17) is 16.7 Å². The first-order valence-electron chi connectivity index (χ1n) is 13.6. The first-order valence-corrected chi connectivity index (χ1v) is 15.5. The molecule has 1 aliphatic rings. The van der Waals surface area contributed by atoms with E-state index in [1.807, 2.05) is 30.3 Å². The van der Waals surface area contributed by atoms with Gasteiger partial charge in [0.25, 0.3) is 5.91 Å². The first-order chi connectivity index (χ1) is 20.7. The second-order valence-electron chi connectivity index (χ2n) is 10.5. The fourth-order valence-electron chi connectivity index (χ4n) is 5.04. The maximum absolute atomic E-state index is 13.5. The number of aliphatic carboxylic acids is 2. The predicted molar refractivity (Wildman–Crippen MR) is 162 cm³/mol. The number of fused-ring (bicyclic) bond motifs is 1. The van der Waals surface area contributed by atoms with Gasteiger partial charge in [0.15, 0.2) is 0 Å². The van der Waals surface area contributed by atoms with Crippen LogP contribution in [0.2, 0.25) is 5.02 Å². The third-order valence-corrected chi connectivity index (χ3v) is 8.74. The number of carbonyl (C=O) groups excluding carboxylic acids is 2. The number of nitrogens with zero attached hydrogens (tertiary/aromatic N) is 1. The Kier molecular flexibility index (Phi) is 10.0. The quantitative estimate of drug-likeness (QED) is 0.209. The molecule has 0 saturated heterocycles. The minimum absolute atomic E-state index is 0.00260.